The van der Waals surface area contributed by atoms with Gasteiger partial charge in [0, 0.05) is 38.4 Å². The van der Waals surface area contributed by atoms with Crippen molar-refractivity contribution >= 4 is 11.8 Å². The van der Waals surface area contributed by atoms with E-state index < -0.39 is 0 Å². The molecule has 1 aliphatic rings. The molecule has 1 N–H and O–H groups in total. The van der Waals surface area contributed by atoms with Crippen LogP contribution < -0.4 is 5.32 Å². The number of likely N-dealkylation sites (tertiary alicyclic amines) is 1. The molecular weight excluding hydrogens is 254 g/mol. The Morgan fingerprint density at radius 2 is 2.25 bits per heavy atom. The van der Waals surface area contributed by atoms with Crippen LogP contribution in [0.3, 0.4) is 0 Å². The highest BCUT2D eigenvalue weighted by Gasteiger charge is 2.24. The normalized spacial score (nSPS) is 18.7. The van der Waals surface area contributed by atoms with Crippen molar-refractivity contribution in [2.24, 2.45) is 5.92 Å². The minimum absolute atomic E-state index is 0.0174. The fourth-order valence-corrected chi connectivity index (χ4v) is 2.48. The fourth-order valence-electron chi connectivity index (χ4n) is 2.48. The minimum atomic E-state index is -0.0174. The van der Waals surface area contributed by atoms with Crippen LogP contribution in [0, 0.1) is 12.8 Å². The van der Waals surface area contributed by atoms with Gasteiger partial charge in [-0.15, -0.1) is 0 Å². The maximum atomic E-state index is 12.4. The van der Waals surface area contributed by atoms with Crippen molar-refractivity contribution in [3.05, 3.63) is 29.6 Å². The standard InChI is InChI=1S/C15H21N3O2/c1-11-5-6-14(9-16-11)15(20)18-7-3-4-13(10-18)8-17-12(2)19/h5-6,9,13H,3-4,7-8,10H2,1-2H3,(H,17,19). The highest BCUT2D eigenvalue weighted by Crippen LogP contribution is 2.18. The highest BCUT2D eigenvalue weighted by molar-refractivity contribution is 5.94. The summed E-state index contributed by atoms with van der Waals surface area (Å²) in [5, 5.41) is 2.83. The molecule has 0 saturated carbocycles. The quantitative estimate of drug-likeness (QED) is 0.906. The molecule has 0 bridgehead atoms. The molecule has 1 aliphatic heterocycles. The number of hydrogen-bond acceptors (Lipinski definition) is 3. The number of aryl methyl sites for hydroxylation is 1. The zero-order chi connectivity index (χ0) is 14.5. The number of hydrogen-bond donors (Lipinski definition) is 1. The van der Waals surface area contributed by atoms with Gasteiger partial charge in [-0.05, 0) is 37.8 Å². The van der Waals surface area contributed by atoms with E-state index in [4.69, 9.17) is 0 Å². The monoisotopic (exact) mass is 275 g/mol. The van der Waals surface area contributed by atoms with Gasteiger partial charge in [-0.1, -0.05) is 0 Å². The third-order valence-electron chi connectivity index (χ3n) is 3.60. The lowest BCUT2D eigenvalue weighted by atomic mass is 9.97. The molecule has 1 unspecified atom stereocenters. The Balaban J connectivity index is 1.96. The van der Waals surface area contributed by atoms with E-state index in [0.717, 1.165) is 25.1 Å². The summed E-state index contributed by atoms with van der Waals surface area (Å²) >= 11 is 0. The average molecular weight is 275 g/mol. The van der Waals surface area contributed by atoms with Gasteiger partial charge < -0.3 is 10.2 Å². The van der Waals surface area contributed by atoms with Gasteiger partial charge >= 0.3 is 0 Å². The summed E-state index contributed by atoms with van der Waals surface area (Å²) in [6, 6.07) is 3.67. The molecule has 1 aromatic rings. The molecule has 20 heavy (non-hydrogen) atoms. The van der Waals surface area contributed by atoms with E-state index in [9.17, 15) is 9.59 Å². The molecule has 2 amide bonds. The van der Waals surface area contributed by atoms with Gasteiger partial charge in [0.05, 0.1) is 5.56 Å². The zero-order valence-corrected chi connectivity index (χ0v) is 12.1. The van der Waals surface area contributed by atoms with E-state index in [1.54, 1.807) is 6.20 Å². The maximum absolute atomic E-state index is 12.4. The molecule has 1 atom stereocenters. The second kappa shape index (κ2) is 6.50. The number of amides is 2. The molecule has 1 saturated heterocycles. The predicted molar refractivity (Wildman–Crippen MR) is 76.3 cm³/mol. The van der Waals surface area contributed by atoms with Crippen LogP contribution in [0.4, 0.5) is 0 Å². The van der Waals surface area contributed by atoms with Crippen LogP contribution in [0.25, 0.3) is 0 Å². The molecule has 0 aromatic carbocycles. The van der Waals surface area contributed by atoms with Gasteiger partial charge in [-0.25, -0.2) is 0 Å². The van der Waals surface area contributed by atoms with Crippen molar-refractivity contribution in [1.29, 1.82) is 0 Å². The summed E-state index contributed by atoms with van der Waals surface area (Å²) in [5.74, 6) is 0.358. The van der Waals surface area contributed by atoms with E-state index in [1.807, 2.05) is 24.0 Å². The van der Waals surface area contributed by atoms with Gasteiger partial charge in [0.2, 0.25) is 5.91 Å². The number of pyridine rings is 1. The summed E-state index contributed by atoms with van der Waals surface area (Å²) in [5.41, 5.74) is 1.54. The minimum Gasteiger partial charge on any atom is -0.356 e. The lowest BCUT2D eigenvalue weighted by molar-refractivity contribution is -0.119. The third-order valence-corrected chi connectivity index (χ3v) is 3.60. The smallest absolute Gasteiger partial charge is 0.255 e. The molecule has 2 rings (SSSR count). The van der Waals surface area contributed by atoms with E-state index in [-0.39, 0.29) is 11.8 Å². The molecule has 5 nitrogen and oxygen atoms in total. The second-order valence-electron chi connectivity index (χ2n) is 5.38. The Bertz CT molecular complexity index is 484. The van der Waals surface area contributed by atoms with Crippen LogP contribution in [0.15, 0.2) is 18.3 Å². The van der Waals surface area contributed by atoms with Crippen molar-refractivity contribution in [3.8, 4) is 0 Å². The Morgan fingerprint density at radius 3 is 2.90 bits per heavy atom. The predicted octanol–water partition coefficient (Wildman–Crippen LogP) is 1.38. The summed E-state index contributed by atoms with van der Waals surface area (Å²) in [4.78, 5) is 29.4. The van der Waals surface area contributed by atoms with Crippen LogP contribution in [0.5, 0.6) is 0 Å². The topological polar surface area (TPSA) is 62.3 Å². The molecule has 2 heterocycles. The number of nitrogens with one attached hydrogen (secondary N) is 1. The Kier molecular flexibility index (Phi) is 4.71. The van der Waals surface area contributed by atoms with Crippen molar-refractivity contribution < 1.29 is 9.59 Å². The summed E-state index contributed by atoms with van der Waals surface area (Å²) < 4.78 is 0. The third kappa shape index (κ3) is 3.79. The molecule has 5 heteroatoms. The van der Waals surface area contributed by atoms with E-state index in [0.29, 0.717) is 24.6 Å². The second-order valence-corrected chi connectivity index (χ2v) is 5.38. The van der Waals surface area contributed by atoms with E-state index in [2.05, 4.69) is 10.3 Å². The van der Waals surface area contributed by atoms with Crippen LogP contribution in [-0.2, 0) is 4.79 Å². The van der Waals surface area contributed by atoms with Crippen LogP contribution in [0.1, 0.15) is 35.8 Å². The van der Waals surface area contributed by atoms with E-state index >= 15 is 0 Å². The van der Waals surface area contributed by atoms with Crippen molar-refractivity contribution in [3.63, 3.8) is 0 Å². The number of carbonyl (C=O) groups excluding carboxylic acids is 2. The summed E-state index contributed by atoms with van der Waals surface area (Å²) in [6.07, 6.45) is 3.67. The van der Waals surface area contributed by atoms with Gasteiger partial charge in [-0.2, -0.15) is 0 Å². The van der Waals surface area contributed by atoms with Gasteiger partial charge in [0.25, 0.3) is 5.91 Å². The molecule has 108 valence electrons. The zero-order valence-electron chi connectivity index (χ0n) is 12.1. The van der Waals surface area contributed by atoms with Crippen molar-refractivity contribution in [1.82, 2.24) is 15.2 Å². The van der Waals surface area contributed by atoms with Gasteiger partial charge in [0.15, 0.2) is 0 Å². The maximum Gasteiger partial charge on any atom is 0.255 e. The molecule has 0 radical (unpaired) electrons. The lowest BCUT2D eigenvalue weighted by Crippen LogP contribution is -2.43. The van der Waals surface area contributed by atoms with Crippen LogP contribution in [-0.4, -0.2) is 41.3 Å². The van der Waals surface area contributed by atoms with Crippen molar-refractivity contribution in [2.45, 2.75) is 26.7 Å². The van der Waals surface area contributed by atoms with E-state index in [1.165, 1.54) is 6.92 Å². The first kappa shape index (κ1) is 14.5. The molecule has 0 spiro atoms. The number of nitrogens with zero attached hydrogens (tertiary/aromatic N) is 2. The number of aromatic nitrogens is 1. The molecule has 1 aromatic heterocycles. The Labute approximate surface area is 119 Å². The first-order valence-electron chi connectivity index (χ1n) is 7.02. The SMILES string of the molecule is CC(=O)NCC1CCCN(C(=O)c2ccc(C)nc2)C1. The average Bonchev–Trinajstić information content (AvgIpc) is 2.45. The summed E-state index contributed by atoms with van der Waals surface area (Å²) in [6.45, 7) is 5.55. The molecule has 0 aliphatic carbocycles. The Hall–Kier alpha value is -1.91. The van der Waals surface area contributed by atoms with Crippen molar-refractivity contribution in [2.75, 3.05) is 19.6 Å². The Morgan fingerprint density at radius 1 is 1.45 bits per heavy atom. The first-order chi connectivity index (χ1) is 9.56. The van der Waals surface area contributed by atoms with Gasteiger partial charge in [-0.3, -0.25) is 14.6 Å². The summed E-state index contributed by atoms with van der Waals surface area (Å²) in [7, 11) is 0. The number of piperidine rings is 1. The van der Waals surface area contributed by atoms with Gasteiger partial charge in [0.1, 0.15) is 0 Å². The molecule has 1 fully saturated rings. The molecular formula is C15H21N3O2. The fraction of sp³-hybridized carbons (Fsp3) is 0.533. The highest BCUT2D eigenvalue weighted by atomic mass is 16.2. The lowest BCUT2D eigenvalue weighted by Gasteiger charge is -2.32. The van der Waals surface area contributed by atoms with Crippen LogP contribution in [0.2, 0.25) is 0 Å². The largest absolute Gasteiger partial charge is 0.356 e. The van der Waals surface area contributed by atoms with Crippen LogP contribution >= 0.6 is 0 Å². The number of rotatable bonds is 3. The number of carbonyl (C=O) groups is 2. The first-order valence-corrected chi connectivity index (χ1v) is 7.02.